The topological polar surface area (TPSA) is 49.4 Å². The van der Waals surface area contributed by atoms with Crippen molar-refractivity contribution in [2.24, 2.45) is 23.7 Å². The van der Waals surface area contributed by atoms with E-state index in [4.69, 9.17) is 0 Å². The van der Waals surface area contributed by atoms with Gasteiger partial charge in [-0.15, -0.1) is 0 Å². The predicted octanol–water partition coefficient (Wildman–Crippen LogP) is 2.43. The van der Waals surface area contributed by atoms with Gasteiger partial charge in [0.2, 0.25) is 11.8 Å². The molecule has 0 aromatic rings. The van der Waals surface area contributed by atoms with Crippen LogP contribution in [0, 0.1) is 23.7 Å². The van der Waals surface area contributed by atoms with Gasteiger partial charge in [0.15, 0.2) is 0 Å². The van der Waals surface area contributed by atoms with Crippen LogP contribution in [0.1, 0.15) is 53.4 Å². The number of likely N-dealkylation sites (tertiary alicyclic amines) is 1. The first kappa shape index (κ1) is 16.3. The van der Waals surface area contributed by atoms with Gasteiger partial charge in [-0.1, -0.05) is 27.7 Å². The number of nitrogens with one attached hydrogen (secondary N) is 1. The van der Waals surface area contributed by atoms with Crippen molar-refractivity contribution in [1.82, 2.24) is 10.2 Å². The number of carbonyl (C=O) groups is 2. The second kappa shape index (κ2) is 6.80. The molecule has 1 saturated carbocycles. The molecule has 4 nitrogen and oxygen atoms in total. The Bertz CT molecular complexity index is 380. The maximum atomic E-state index is 12.4. The summed E-state index contributed by atoms with van der Waals surface area (Å²) in [5.41, 5.74) is 0. The van der Waals surface area contributed by atoms with Gasteiger partial charge in [0, 0.05) is 19.0 Å². The molecule has 0 radical (unpaired) electrons. The molecule has 1 aliphatic heterocycles. The smallest absolute Gasteiger partial charge is 0.242 e. The maximum absolute atomic E-state index is 12.4. The highest BCUT2D eigenvalue weighted by atomic mass is 16.2. The lowest BCUT2D eigenvalue weighted by Gasteiger charge is -2.28. The number of hydrogen-bond acceptors (Lipinski definition) is 2. The summed E-state index contributed by atoms with van der Waals surface area (Å²) in [7, 11) is 0. The van der Waals surface area contributed by atoms with Crippen LogP contribution < -0.4 is 5.32 Å². The number of hydrogen-bond donors (Lipinski definition) is 1. The summed E-state index contributed by atoms with van der Waals surface area (Å²) >= 11 is 0. The number of carbonyl (C=O) groups excluding carboxylic acids is 2. The zero-order valence-electron chi connectivity index (χ0n) is 13.9. The minimum atomic E-state index is -0.224. The van der Waals surface area contributed by atoms with Crippen molar-refractivity contribution in [2.75, 3.05) is 13.1 Å². The normalized spacial score (nSPS) is 22.4. The van der Waals surface area contributed by atoms with E-state index >= 15 is 0 Å². The first-order valence-electron chi connectivity index (χ1n) is 8.50. The zero-order valence-corrected chi connectivity index (χ0v) is 13.9. The van der Waals surface area contributed by atoms with Gasteiger partial charge in [0.05, 0.1) is 0 Å². The SMILES string of the molecule is CC(C)C(CNC(=O)C1CCCN1C(=O)C1CC1)C(C)C. The average molecular weight is 294 g/mol. The van der Waals surface area contributed by atoms with Gasteiger partial charge in [0.1, 0.15) is 6.04 Å². The first-order chi connectivity index (χ1) is 9.91. The lowest BCUT2D eigenvalue weighted by molar-refractivity contribution is -0.139. The molecule has 1 aliphatic carbocycles. The molecular weight excluding hydrogens is 264 g/mol. The van der Waals surface area contributed by atoms with E-state index in [1.165, 1.54) is 0 Å². The van der Waals surface area contributed by atoms with Gasteiger partial charge in [0.25, 0.3) is 0 Å². The van der Waals surface area contributed by atoms with Crippen LogP contribution in [0.4, 0.5) is 0 Å². The summed E-state index contributed by atoms with van der Waals surface area (Å²) in [5.74, 6) is 2.06. The third-order valence-electron chi connectivity index (χ3n) is 4.99. The Morgan fingerprint density at radius 2 is 1.71 bits per heavy atom. The highest BCUT2D eigenvalue weighted by molar-refractivity contribution is 5.89. The van der Waals surface area contributed by atoms with Crippen molar-refractivity contribution >= 4 is 11.8 Å². The molecule has 2 fully saturated rings. The zero-order chi connectivity index (χ0) is 15.6. The van der Waals surface area contributed by atoms with E-state index in [0.29, 0.717) is 17.8 Å². The molecule has 120 valence electrons. The van der Waals surface area contributed by atoms with E-state index in [1.54, 1.807) is 0 Å². The van der Waals surface area contributed by atoms with Crippen LogP contribution in [0.15, 0.2) is 0 Å². The van der Waals surface area contributed by atoms with Gasteiger partial charge in [-0.05, 0) is 43.4 Å². The average Bonchev–Trinajstić information content (AvgIpc) is 3.14. The van der Waals surface area contributed by atoms with Crippen LogP contribution in [-0.4, -0.2) is 35.8 Å². The molecule has 0 spiro atoms. The quantitative estimate of drug-likeness (QED) is 0.818. The summed E-state index contributed by atoms with van der Waals surface area (Å²) in [6.45, 7) is 10.3. The molecule has 2 amide bonds. The fraction of sp³-hybridized carbons (Fsp3) is 0.882. The van der Waals surface area contributed by atoms with Crippen LogP contribution in [0.2, 0.25) is 0 Å². The standard InChI is InChI=1S/C17H30N2O2/c1-11(2)14(12(3)4)10-18-16(20)15-6-5-9-19(15)17(21)13-7-8-13/h11-15H,5-10H2,1-4H3,(H,18,20). The number of nitrogens with zero attached hydrogens (tertiary/aromatic N) is 1. The largest absolute Gasteiger partial charge is 0.354 e. The van der Waals surface area contributed by atoms with Crippen LogP contribution in [0.25, 0.3) is 0 Å². The molecule has 1 heterocycles. The molecule has 4 heteroatoms. The lowest BCUT2D eigenvalue weighted by Crippen LogP contribution is -2.48. The Kier molecular flexibility index (Phi) is 5.28. The lowest BCUT2D eigenvalue weighted by atomic mass is 9.85. The summed E-state index contributed by atoms with van der Waals surface area (Å²) in [4.78, 5) is 26.5. The van der Waals surface area contributed by atoms with Crippen molar-refractivity contribution in [3.63, 3.8) is 0 Å². The van der Waals surface area contributed by atoms with Crippen LogP contribution in [0.5, 0.6) is 0 Å². The summed E-state index contributed by atoms with van der Waals surface area (Å²) in [5, 5.41) is 3.10. The van der Waals surface area contributed by atoms with Crippen molar-refractivity contribution in [1.29, 1.82) is 0 Å². The van der Waals surface area contributed by atoms with Gasteiger partial charge < -0.3 is 10.2 Å². The maximum Gasteiger partial charge on any atom is 0.242 e. The highest BCUT2D eigenvalue weighted by Crippen LogP contribution is 2.33. The van der Waals surface area contributed by atoms with Crippen LogP contribution in [0.3, 0.4) is 0 Å². The molecule has 2 rings (SSSR count). The molecule has 1 N–H and O–H groups in total. The third kappa shape index (κ3) is 3.98. The predicted molar refractivity (Wildman–Crippen MR) is 83.6 cm³/mol. The fourth-order valence-corrected chi connectivity index (χ4v) is 3.45. The molecular formula is C17H30N2O2. The summed E-state index contributed by atoms with van der Waals surface area (Å²) in [6.07, 6.45) is 3.78. The molecule has 2 aliphatic rings. The molecule has 1 saturated heterocycles. The molecule has 0 aromatic heterocycles. The highest BCUT2D eigenvalue weighted by Gasteiger charge is 2.40. The van der Waals surface area contributed by atoms with E-state index in [1.807, 2.05) is 4.90 Å². The first-order valence-corrected chi connectivity index (χ1v) is 8.50. The number of rotatable bonds is 6. The Morgan fingerprint density at radius 1 is 1.10 bits per heavy atom. The van der Waals surface area contributed by atoms with Crippen LogP contribution in [-0.2, 0) is 9.59 Å². The van der Waals surface area contributed by atoms with E-state index in [2.05, 4.69) is 33.0 Å². The van der Waals surface area contributed by atoms with Crippen molar-refractivity contribution < 1.29 is 9.59 Å². The third-order valence-corrected chi connectivity index (χ3v) is 4.99. The molecule has 1 atom stereocenters. The van der Waals surface area contributed by atoms with Gasteiger partial charge in [-0.3, -0.25) is 9.59 Å². The van der Waals surface area contributed by atoms with E-state index in [-0.39, 0.29) is 23.8 Å². The van der Waals surface area contributed by atoms with Crippen molar-refractivity contribution in [3.05, 3.63) is 0 Å². The Labute approximate surface area is 128 Å². The minimum Gasteiger partial charge on any atom is -0.354 e. The Morgan fingerprint density at radius 3 is 2.24 bits per heavy atom. The molecule has 21 heavy (non-hydrogen) atoms. The molecule has 1 unspecified atom stereocenters. The molecule has 0 aromatic carbocycles. The summed E-state index contributed by atoms with van der Waals surface area (Å²) in [6, 6.07) is -0.224. The fourth-order valence-electron chi connectivity index (χ4n) is 3.45. The van der Waals surface area contributed by atoms with E-state index in [0.717, 1.165) is 38.8 Å². The van der Waals surface area contributed by atoms with Gasteiger partial charge >= 0.3 is 0 Å². The monoisotopic (exact) mass is 294 g/mol. The van der Waals surface area contributed by atoms with Crippen molar-refractivity contribution in [2.45, 2.75) is 59.4 Å². The second-order valence-corrected chi connectivity index (χ2v) is 7.36. The Balaban J connectivity index is 1.88. The number of amides is 2. The van der Waals surface area contributed by atoms with Gasteiger partial charge in [-0.25, -0.2) is 0 Å². The Hall–Kier alpha value is -1.06. The van der Waals surface area contributed by atoms with E-state index < -0.39 is 0 Å². The van der Waals surface area contributed by atoms with Gasteiger partial charge in [-0.2, -0.15) is 0 Å². The minimum absolute atomic E-state index is 0.0489. The summed E-state index contributed by atoms with van der Waals surface area (Å²) < 4.78 is 0. The van der Waals surface area contributed by atoms with Crippen LogP contribution >= 0.6 is 0 Å². The van der Waals surface area contributed by atoms with E-state index in [9.17, 15) is 9.59 Å². The van der Waals surface area contributed by atoms with Crippen molar-refractivity contribution in [3.8, 4) is 0 Å². The second-order valence-electron chi connectivity index (χ2n) is 7.36. The molecule has 0 bridgehead atoms.